The van der Waals surface area contributed by atoms with Gasteiger partial charge in [0.1, 0.15) is 5.75 Å². The average Bonchev–Trinajstić information content (AvgIpc) is 2.42. The summed E-state index contributed by atoms with van der Waals surface area (Å²) < 4.78 is 5.45. The molecule has 0 heterocycles. The van der Waals surface area contributed by atoms with Crippen molar-refractivity contribution in [3.05, 3.63) is 64.7 Å². The molecular formula is C17H21NO. The van der Waals surface area contributed by atoms with Gasteiger partial charge < -0.3 is 10.5 Å². The molecule has 0 aliphatic rings. The summed E-state index contributed by atoms with van der Waals surface area (Å²) in [6.45, 7) is 6.86. The van der Waals surface area contributed by atoms with Gasteiger partial charge in [0.05, 0.1) is 12.6 Å². The van der Waals surface area contributed by atoms with Crippen LogP contribution in [0, 0.1) is 13.8 Å². The van der Waals surface area contributed by atoms with E-state index >= 15 is 0 Å². The third-order valence-electron chi connectivity index (χ3n) is 3.32. The largest absolute Gasteiger partial charge is 0.494 e. The Labute approximate surface area is 115 Å². The van der Waals surface area contributed by atoms with E-state index in [9.17, 15) is 0 Å². The molecule has 100 valence electrons. The first-order valence-corrected chi connectivity index (χ1v) is 6.67. The molecule has 2 N–H and O–H groups in total. The van der Waals surface area contributed by atoms with Gasteiger partial charge in [-0.25, -0.2) is 0 Å². The summed E-state index contributed by atoms with van der Waals surface area (Å²) in [7, 11) is 0. The normalized spacial score (nSPS) is 12.2. The van der Waals surface area contributed by atoms with Gasteiger partial charge in [-0.05, 0) is 49.6 Å². The Balaban J connectivity index is 2.27. The average molecular weight is 255 g/mol. The van der Waals surface area contributed by atoms with Crippen LogP contribution in [0.1, 0.15) is 35.2 Å². The second-order valence-electron chi connectivity index (χ2n) is 4.84. The second kappa shape index (κ2) is 5.89. The number of hydrogen-bond donors (Lipinski definition) is 1. The van der Waals surface area contributed by atoms with E-state index in [2.05, 4.69) is 32.0 Å². The fourth-order valence-electron chi connectivity index (χ4n) is 2.21. The van der Waals surface area contributed by atoms with Crippen molar-refractivity contribution in [1.82, 2.24) is 0 Å². The highest BCUT2D eigenvalue weighted by Crippen LogP contribution is 2.25. The first kappa shape index (κ1) is 13.6. The van der Waals surface area contributed by atoms with Crippen molar-refractivity contribution in [2.45, 2.75) is 26.8 Å². The van der Waals surface area contributed by atoms with Crippen LogP contribution in [0.25, 0.3) is 0 Å². The lowest BCUT2D eigenvalue weighted by atomic mass is 9.94. The van der Waals surface area contributed by atoms with Gasteiger partial charge >= 0.3 is 0 Å². The molecule has 2 aromatic carbocycles. The summed E-state index contributed by atoms with van der Waals surface area (Å²) in [6.07, 6.45) is 0. The zero-order chi connectivity index (χ0) is 13.8. The molecule has 0 radical (unpaired) electrons. The Bertz CT molecular complexity index is 546. The minimum atomic E-state index is -0.0874. The molecule has 1 unspecified atom stereocenters. The van der Waals surface area contributed by atoms with E-state index in [1.54, 1.807) is 0 Å². The van der Waals surface area contributed by atoms with E-state index in [0.717, 1.165) is 11.3 Å². The lowest BCUT2D eigenvalue weighted by molar-refractivity contribution is 0.340. The highest BCUT2D eigenvalue weighted by molar-refractivity contribution is 5.40. The number of benzene rings is 2. The van der Waals surface area contributed by atoms with Gasteiger partial charge in [0.2, 0.25) is 0 Å². The van der Waals surface area contributed by atoms with Gasteiger partial charge in [0, 0.05) is 0 Å². The summed E-state index contributed by atoms with van der Waals surface area (Å²) in [5.41, 5.74) is 11.1. The Morgan fingerprint density at radius 3 is 2.37 bits per heavy atom. The SMILES string of the molecule is CCOc1ccc(C(N)c2cc(C)ccc2C)cc1. The zero-order valence-electron chi connectivity index (χ0n) is 11.8. The standard InChI is InChI=1S/C17H21NO/c1-4-19-15-9-7-14(8-10-15)17(18)16-11-12(2)5-6-13(16)3/h5-11,17H,4,18H2,1-3H3. The summed E-state index contributed by atoms with van der Waals surface area (Å²) in [5, 5.41) is 0. The van der Waals surface area contributed by atoms with E-state index in [4.69, 9.17) is 10.5 Å². The van der Waals surface area contributed by atoms with Gasteiger partial charge in [0.15, 0.2) is 0 Å². The van der Waals surface area contributed by atoms with Crippen LogP contribution in [-0.2, 0) is 0 Å². The van der Waals surface area contributed by atoms with Gasteiger partial charge in [-0.1, -0.05) is 35.9 Å². The third-order valence-corrected chi connectivity index (χ3v) is 3.32. The fourth-order valence-corrected chi connectivity index (χ4v) is 2.21. The van der Waals surface area contributed by atoms with Crippen molar-refractivity contribution in [2.24, 2.45) is 5.73 Å². The molecule has 19 heavy (non-hydrogen) atoms. The van der Waals surface area contributed by atoms with Crippen LogP contribution in [0.5, 0.6) is 5.75 Å². The summed E-state index contributed by atoms with van der Waals surface area (Å²) in [6, 6.07) is 14.3. The van der Waals surface area contributed by atoms with Crippen molar-refractivity contribution < 1.29 is 4.74 Å². The Morgan fingerprint density at radius 2 is 1.74 bits per heavy atom. The summed E-state index contributed by atoms with van der Waals surface area (Å²) in [5.74, 6) is 0.888. The lowest BCUT2D eigenvalue weighted by Crippen LogP contribution is -2.13. The molecule has 2 nitrogen and oxygen atoms in total. The maximum Gasteiger partial charge on any atom is 0.119 e. The van der Waals surface area contributed by atoms with E-state index in [0.29, 0.717) is 6.61 Å². The number of aryl methyl sites for hydroxylation is 2. The van der Waals surface area contributed by atoms with Crippen molar-refractivity contribution in [2.75, 3.05) is 6.61 Å². The quantitative estimate of drug-likeness (QED) is 0.903. The first-order valence-electron chi connectivity index (χ1n) is 6.67. The van der Waals surface area contributed by atoms with E-state index < -0.39 is 0 Å². The van der Waals surface area contributed by atoms with Gasteiger partial charge in [0.25, 0.3) is 0 Å². The van der Waals surface area contributed by atoms with Crippen molar-refractivity contribution in [3.8, 4) is 5.75 Å². The highest BCUT2D eigenvalue weighted by atomic mass is 16.5. The number of rotatable bonds is 4. The number of nitrogens with two attached hydrogens (primary N) is 1. The lowest BCUT2D eigenvalue weighted by Gasteiger charge is -2.16. The van der Waals surface area contributed by atoms with E-state index in [1.807, 2.05) is 31.2 Å². The first-order chi connectivity index (χ1) is 9.11. The molecule has 0 aliphatic heterocycles. The Hall–Kier alpha value is -1.80. The molecule has 2 rings (SSSR count). The van der Waals surface area contributed by atoms with Crippen LogP contribution < -0.4 is 10.5 Å². The zero-order valence-corrected chi connectivity index (χ0v) is 11.8. The van der Waals surface area contributed by atoms with E-state index in [-0.39, 0.29) is 6.04 Å². The maximum absolute atomic E-state index is 6.37. The molecule has 2 aromatic rings. The Morgan fingerprint density at radius 1 is 1.05 bits per heavy atom. The molecule has 0 spiro atoms. The summed E-state index contributed by atoms with van der Waals surface area (Å²) in [4.78, 5) is 0. The molecule has 0 saturated heterocycles. The van der Waals surface area contributed by atoms with E-state index in [1.165, 1.54) is 16.7 Å². The van der Waals surface area contributed by atoms with Gasteiger partial charge in [-0.2, -0.15) is 0 Å². The van der Waals surface area contributed by atoms with Crippen LogP contribution in [0.2, 0.25) is 0 Å². The Kier molecular flexibility index (Phi) is 4.23. The third kappa shape index (κ3) is 3.15. The van der Waals surface area contributed by atoms with Crippen molar-refractivity contribution >= 4 is 0 Å². The van der Waals surface area contributed by atoms with Crippen LogP contribution in [0.3, 0.4) is 0 Å². The van der Waals surface area contributed by atoms with Gasteiger partial charge in [-0.3, -0.25) is 0 Å². The van der Waals surface area contributed by atoms with Crippen LogP contribution in [0.4, 0.5) is 0 Å². The number of hydrogen-bond acceptors (Lipinski definition) is 2. The topological polar surface area (TPSA) is 35.2 Å². The molecule has 0 saturated carbocycles. The van der Waals surface area contributed by atoms with Crippen LogP contribution in [-0.4, -0.2) is 6.61 Å². The fraction of sp³-hybridized carbons (Fsp3) is 0.294. The minimum absolute atomic E-state index is 0.0874. The molecule has 0 amide bonds. The molecule has 0 fully saturated rings. The maximum atomic E-state index is 6.37. The monoisotopic (exact) mass is 255 g/mol. The predicted molar refractivity (Wildman–Crippen MR) is 79.6 cm³/mol. The second-order valence-corrected chi connectivity index (χ2v) is 4.84. The minimum Gasteiger partial charge on any atom is -0.494 e. The van der Waals surface area contributed by atoms with Crippen molar-refractivity contribution in [3.63, 3.8) is 0 Å². The highest BCUT2D eigenvalue weighted by Gasteiger charge is 2.11. The number of ether oxygens (including phenoxy) is 1. The molecular weight excluding hydrogens is 234 g/mol. The van der Waals surface area contributed by atoms with Crippen LogP contribution in [0.15, 0.2) is 42.5 Å². The summed E-state index contributed by atoms with van der Waals surface area (Å²) >= 11 is 0. The molecule has 0 aromatic heterocycles. The van der Waals surface area contributed by atoms with Crippen LogP contribution >= 0.6 is 0 Å². The molecule has 0 aliphatic carbocycles. The predicted octanol–water partition coefficient (Wildman–Crippen LogP) is 3.75. The van der Waals surface area contributed by atoms with Gasteiger partial charge in [-0.15, -0.1) is 0 Å². The van der Waals surface area contributed by atoms with Crippen molar-refractivity contribution in [1.29, 1.82) is 0 Å². The smallest absolute Gasteiger partial charge is 0.119 e. The molecule has 0 bridgehead atoms. The molecule has 1 atom stereocenters. The molecule has 2 heteroatoms.